The molecule has 0 unspecified atom stereocenters. The maximum atomic E-state index is 11.9. The topological polar surface area (TPSA) is 55.4 Å². The van der Waals surface area contributed by atoms with Crippen LogP contribution in [0.5, 0.6) is 0 Å². The lowest BCUT2D eigenvalue weighted by atomic mass is 10.1. The van der Waals surface area contributed by atoms with E-state index in [9.17, 15) is 9.59 Å². The highest BCUT2D eigenvalue weighted by Crippen LogP contribution is 2.17. The van der Waals surface area contributed by atoms with Crippen molar-refractivity contribution in [1.29, 1.82) is 0 Å². The summed E-state index contributed by atoms with van der Waals surface area (Å²) in [6.07, 6.45) is 2.87. The second kappa shape index (κ2) is 9.04. The number of halogens is 1. The molecule has 25 heavy (non-hydrogen) atoms. The summed E-state index contributed by atoms with van der Waals surface area (Å²) >= 11 is 6.03. The number of amides is 1. The van der Waals surface area contributed by atoms with Crippen LogP contribution in [0, 0.1) is 6.92 Å². The first kappa shape index (κ1) is 18.7. The van der Waals surface area contributed by atoms with E-state index in [1.807, 2.05) is 56.3 Å². The second-order valence-corrected chi connectivity index (χ2v) is 6.06. The number of esters is 1. The molecule has 1 atom stereocenters. The summed E-state index contributed by atoms with van der Waals surface area (Å²) in [5.74, 6) is -0.935. The Morgan fingerprint density at radius 2 is 1.92 bits per heavy atom. The van der Waals surface area contributed by atoms with Gasteiger partial charge in [0.25, 0.3) is 5.91 Å². The zero-order chi connectivity index (χ0) is 18.2. The number of nitrogens with one attached hydrogen (secondary N) is 1. The fourth-order valence-corrected chi connectivity index (χ4v) is 2.36. The summed E-state index contributed by atoms with van der Waals surface area (Å²) in [6, 6.07) is 14.9. The van der Waals surface area contributed by atoms with Crippen molar-refractivity contribution in [2.24, 2.45) is 0 Å². The maximum Gasteiger partial charge on any atom is 0.331 e. The average molecular weight is 358 g/mol. The highest BCUT2D eigenvalue weighted by atomic mass is 35.5. The Morgan fingerprint density at radius 1 is 1.20 bits per heavy atom. The van der Waals surface area contributed by atoms with Gasteiger partial charge in [-0.1, -0.05) is 54.1 Å². The van der Waals surface area contributed by atoms with Crippen molar-refractivity contribution < 1.29 is 14.3 Å². The first-order chi connectivity index (χ1) is 12.0. The molecule has 2 rings (SSSR count). The summed E-state index contributed by atoms with van der Waals surface area (Å²) in [5, 5.41) is 3.41. The third kappa shape index (κ3) is 6.08. The first-order valence-electron chi connectivity index (χ1n) is 7.91. The zero-order valence-corrected chi connectivity index (χ0v) is 14.9. The van der Waals surface area contributed by atoms with E-state index >= 15 is 0 Å². The fourth-order valence-electron chi connectivity index (χ4n) is 2.17. The number of ether oxygens (including phenoxy) is 1. The standard InChI is InChI=1S/C20H20ClNO3/c1-14-8-9-16(12-18(14)21)10-11-20(24)25-13-19(23)22-15(2)17-6-4-3-5-7-17/h3-12,15H,13H2,1-2H3,(H,22,23)/b11-10+/t15-/m0/s1. The number of carbonyl (C=O) groups excluding carboxylic acids is 2. The molecule has 0 aromatic heterocycles. The Labute approximate surface area is 152 Å². The second-order valence-electron chi connectivity index (χ2n) is 5.65. The van der Waals surface area contributed by atoms with E-state index < -0.39 is 5.97 Å². The van der Waals surface area contributed by atoms with E-state index in [1.165, 1.54) is 6.08 Å². The summed E-state index contributed by atoms with van der Waals surface area (Å²) < 4.78 is 4.95. The summed E-state index contributed by atoms with van der Waals surface area (Å²) in [6.45, 7) is 3.45. The van der Waals surface area contributed by atoms with Crippen LogP contribution in [-0.2, 0) is 14.3 Å². The van der Waals surface area contributed by atoms with Crippen LogP contribution in [0.25, 0.3) is 6.08 Å². The third-order valence-corrected chi connectivity index (χ3v) is 4.04. The molecule has 0 aliphatic heterocycles. The van der Waals surface area contributed by atoms with Crippen molar-refractivity contribution in [3.8, 4) is 0 Å². The smallest absolute Gasteiger partial charge is 0.331 e. The Kier molecular flexibility index (Phi) is 6.78. The molecule has 0 saturated heterocycles. The van der Waals surface area contributed by atoms with E-state index in [2.05, 4.69) is 5.32 Å². The SMILES string of the molecule is Cc1ccc(/C=C/C(=O)OCC(=O)N[C@@H](C)c2ccccc2)cc1Cl. The van der Waals surface area contributed by atoms with Crippen LogP contribution in [0.3, 0.4) is 0 Å². The monoisotopic (exact) mass is 357 g/mol. The van der Waals surface area contributed by atoms with Gasteiger partial charge >= 0.3 is 5.97 Å². The minimum Gasteiger partial charge on any atom is -0.452 e. The minimum atomic E-state index is -0.584. The predicted octanol–water partition coefficient (Wildman–Crippen LogP) is 4.08. The number of hydrogen-bond donors (Lipinski definition) is 1. The van der Waals surface area contributed by atoms with Crippen LogP contribution in [0.4, 0.5) is 0 Å². The molecule has 1 amide bonds. The van der Waals surface area contributed by atoms with Crippen molar-refractivity contribution in [3.05, 3.63) is 76.3 Å². The molecule has 0 radical (unpaired) electrons. The fraction of sp³-hybridized carbons (Fsp3) is 0.200. The van der Waals surface area contributed by atoms with Gasteiger partial charge < -0.3 is 10.1 Å². The Balaban J connectivity index is 1.80. The molecule has 2 aromatic carbocycles. The van der Waals surface area contributed by atoms with Gasteiger partial charge in [-0.3, -0.25) is 4.79 Å². The molecule has 0 spiro atoms. The zero-order valence-electron chi connectivity index (χ0n) is 14.2. The van der Waals surface area contributed by atoms with Crippen LogP contribution in [0.2, 0.25) is 5.02 Å². The van der Waals surface area contributed by atoms with Gasteiger partial charge in [-0.2, -0.15) is 0 Å². The maximum absolute atomic E-state index is 11.9. The molecule has 130 valence electrons. The molecular formula is C20H20ClNO3. The highest BCUT2D eigenvalue weighted by Gasteiger charge is 2.10. The van der Waals surface area contributed by atoms with Gasteiger partial charge in [0.15, 0.2) is 6.61 Å². The van der Waals surface area contributed by atoms with Crippen LogP contribution in [-0.4, -0.2) is 18.5 Å². The lowest BCUT2D eigenvalue weighted by molar-refractivity contribution is -0.144. The Bertz CT molecular complexity index is 772. The molecule has 1 N–H and O–H groups in total. The average Bonchev–Trinajstić information content (AvgIpc) is 2.61. The van der Waals surface area contributed by atoms with E-state index in [1.54, 1.807) is 12.1 Å². The molecule has 0 fully saturated rings. The van der Waals surface area contributed by atoms with Gasteiger partial charge in [-0.15, -0.1) is 0 Å². The quantitative estimate of drug-likeness (QED) is 0.626. The van der Waals surface area contributed by atoms with Crippen LogP contribution < -0.4 is 5.32 Å². The normalized spacial score (nSPS) is 12.0. The van der Waals surface area contributed by atoms with Crippen LogP contribution in [0.1, 0.15) is 29.7 Å². The van der Waals surface area contributed by atoms with Crippen molar-refractivity contribution in [3.63, 3.8) is 0 Å². The van der Waals surface area contributed by atoms with Gasteiger partial charge in [0.05, 0.1) is 6.04 Å². The third-order valence-electron chi connectivity index (χ3n) is 3.63. The van der Waals surface area contributed by atoms with E-state index in [4.69, 9.17) is 16.3 Å². The molecule has 0 aliphatic carbocycles. The van der Waals surface area contributed by atoms with Crippen LogP contribution in [0.15, 0.2) is 54.6 Å². The van der Waals surface area contributed by atoms with Gasteiger partial charge in [-0.05, 0) is 42.7 Å². The number of hydrogen-bond acceptors (Lipinski definition) is 3. The van der Waals surface area contributed by atoms with Gasteiger partial charge in [-0.25, -0.2) is 4.79 Å². The van der Waals surface area contributed by atoms with Gasteiger partial charge in [0.1, 0.15) is 0 Å². The van der Waals surface area contributed by atoms with Crippen molar-refractivity contribution in [1.82, 2.24) is 5.32 Å². The minimum absolute atomic E-state index is 0.155. The van der Waals surface area contributed by atoms with Crippen LogP contribution >= 0.6 is 11.6 Å². The molecule has 0 aliphatic rings. The number of benzene rings is 2. The molecule has 0 bridgehead atoms. The molecule has 0 heterocycles. The lowest BCUT2D eigenvalue weighted by Gasteiger charge is -2.13. The predicted molar refractivity (Wildman–Crippen MR) is 99.2 cm³/mol. The highest BCUT2D eigenvalue weighted by molar-refractivity contribution is 6.31. The van der Waals surface area contributed by atoms with Crippen molar-refractivity contribution >= 4 is 29.6 Å². The lowest BCUT2D eigenvalue weighted by Crippen LogP contribution is -2.30. The number of rotatable bonds is 6. The number of carbonyl (C=O) groups is 2. The largest absolute Gasteiger partial charge is 0.452 e. The first-order valence-corrected chi connectivity index (χ1v) is 8.29. The van der Waals surface area contributed by atoms with E-state index in [0.717, 1.165) is 16.7 Å². The number of aryl methyl sites for hydroxylation is 1. The van der Waals surface area contributed by atoms with Crippen molar-refractivity contribution in [2.75, 3.05) is 6.61 Å². The molecule has 2 aromatic rings. The molecule has 0 saturated carbocycles. The summed E-state index contributed by atoms with van der Waals surface area (Å²) in [4.78, 5) is 23.6. The van der Waals surface area contributed by atoms with Gasteiger partial charge in [0, 0.05) is 11.1 Å². The van der Waals surface area contributed by atoms with E-state index in [0.29, 0.717) is 5.02 Å². The molecule has 5 heteroatoms. The van der Waals surface area contributed by atoms with Crippen molar-refractivity contribution in [2.45, 2.75) is 19.9 Å². The summed E-state index contributed by atoms with van der Waals surface area (Å²) in [7, 11) is 0. The molecule has 4 nitrogen and oxygen atoms in total. The Morgan fingerprint density at radius 3 is 2.60 bits per heavy atom. The van der Waals surface area contributed by atoms with E-state index in [-0.39, 0.29) is 18.6 Å². The summed E-state index contributed by atoms with van der Waals surface area (Å²) in [5.41, 5.74) is 2.73. The Hall–Kier alpha value is -2.59. The van der Waals surface area contributed by atoms with Gasteiger partial charge in [0.2, 0.25) is 0 Å². The molecular weight excluding hydrogens is 338 g/mol.